The molecular formula is C51H32N4. The molecule has 0 aliphatic rings. The predicted octanol–water partition coefficient (Wildman–Crippen LogP) is 13.1. The fourth-order valence-electron chi connectivity index (χ4n) is 7.28. The van der Waals surface area contributed by atoms with Crippen LogP contribution >= 0.6 is 0 Å². The highest BCUT2D eigenvalue weighted by molar-refractivity contribution is 6.25. The van der Waals surface area contributed by atoms with Crippen LogP contribution in [-0.4, -0.2) is 19.5 Å². The second-order valence-corrected chi connectivity index (χ2v) is 12.8. The molecule has 0 N–H and O–H groups in total. The van der Waals surface area contributed by atoms with Crippen molar-refractivity contribution in [3.63, 3.8) is 0 Å². The maximum atomic E-state index is 9.68. The van der Waals surface area contributed by atoms with Crippen LogP contribution in [0.2, 0.25) is 0 Å². The number of hydrogen-bond donors (Lipinski definition) is 0. The minimum Gasteiger partial charge on any atom is -0.277 e. The van der Waals surface area contributed by atoms with Gasteiger partial charge in [0.15, 0.2) is 11.6 Å². The molecule has 4 heteroatoms. The Morgan fingerprint density at radius 2 is 0.964 bits per heavy atom. The van der Waals surface area contributed by atoms with Crippen LogP contribution in [0, 0.1) is 0 Å². The number of aromatic nitrogens is 4. The van der Waals surface area contributed by atoms with Gasteiger partial charge in [0.1, 0.15) is 0 Å². The van der Waals surface area contributed by atoms with Crippen LogP contribution in [0.1, 0.15) is 21.9 Å². The highest BCUT2D eigenvalue weighted by Crippen LogP contribution is 2.40. The fourth-order valence-corrected chi connectivity index (χ4v) is 7.28. The molecule has 0 saturated carbocycles. The van der Waals surface area contributed by atoms with Gasteiger partial charge in [-0.25, -0.2) is 4.98 Å². The van der Waals surface area contributed by atoms with E-state index >= 15 is 0 Å². The first-order chi connectivity index (χ1) is 33.9. The minimum atomic E-state index is -0.871. The van der Waals surface area contributed by atoms with E-state index in [0.717, 1.165) is 32.3 Å². The van der Waals surface area contributed by atoms with Crippen molar-refractivity contribution in [1.82, 2.24) is 19.5 Å². The highest BCUT2D eigenvalue weighted by atomic mass is 15.2. The molecule has 2 aromatic heterocycles. The van der Waals surface area contributed by atoms with Crippen LogP contribution in [-0.2, 0) is 0 Å². The van der Waals surface area contributed by atoms with Crippen LogP contribution in [0.4, 0.5) is 0 Å². The van der Waals surface area contributed by atoms with Gasteiger partial charge in [-0.3, -0.25) is 4.57 Å². The van der Waals surface area contributed by atoms with E-state index < -0.39 is 119 Å². The van der Waals surface area contributed by atoms with Crippen LogP contribution < -0.4 is 0 Å². The van der Waals surface area contributed by atoms with E-state index in [2.05, 4.69) is 6.07 Å². The van der Waals surface area contributed by atoms with Crippen molar-refractivity contribution < 1.29 is 21.9 Å². The molecule has 0 bridgehead atoms. The number of benzene rings is 9. The Hall–Kier alpha value is -7.43. The summed E-state index contributed by atoms with van der Waals surface area (Å²) < 4.78 is 145. The van der Waals surface area contributed by atoms with Crippen molar-refractivity contribution in [3.05, 3.63) is 194 Å². The van der Waals surface area contributed by atoms with Crippen LogP contribution in [0.15, 0.2) is 194 Å². The summed E-state index contributed by atoms with van der Waals surface area (Å²) in [5, 5.41) is 5.26. The van der Waals surface area contributed by atoms with Gasteiger partial charge >= 0.3 is 0 Å². The lowest BCUT2D eigenvalue weighted by Gasteiger charge is -2.14. The molecule has 0 atom stereocenters. The number of hydrogen-bond acceptors (Lipinski definition) is 3. The summed E-state index contributed by atoms with van der Waals surface area (Å²) >= 11 is 0. The van der Waals surface area contributed by atoms with Crippen molar-refractivity contribution in [2.75, 3.05) is 0 Å². The average Bonchev–Trinajstić information content (AvgIpc) is 3.75. The molecular weight excluding hydrogens is 669 g/mol. The molecule has 0 amide bonds. The Morgan fingerprint density at radius 1 is 0.382 bits per heavy atom. The lowest BCUT2D eigenvalue weighted by atomic mass is 9.93. The van der Waals surface area contributed by atoms with E-state index in [1.165, 1.54) is 4.57 Å². The summed E-state index contributed by atoms with van der Waals surface area (Å²) in [5.74, 6) is -0.108. The molecule has 0 aliphatic heterocycles. The number of para-hydroxylation sites is 2. The quantitative estimate of drug-likeness (QED) is 0.167. The van der Waals surface area contributed by atoms with Gasteiger partial charge in [-0.2, -0.15) is 9.97 Å². The average molecular weight is 717 g/mol. The number of fused-ring (bicyclic) bond motifs is 9. The molecule has 0 aliphatic carbocycles. The molecule has 4 nitrogen and oxygen atoms in total. The second kappa shape index (κ2) is 12.6. The minimum absolute atomic E-state index is 0.0949. The van der Waals surface area contributed by atoms with E-state index in [1.807, 2.05) is 60.7 Å². The van der Waals surface area contributed by atoms with Gasteiger partial charge in [0.2, 0.25) is 5.95 Å². The third-order valence-electron chi connectivity index (χ3n) is 9.70. The molecule has 0 saturated heterocycles. The Morgan fingerprint density at radius 3 is 1.73 bits per heavy atom. The predicted molar refractivity (Wildman–Crippen MR) is 228 cm³/mol. The number of rotatable bonds is 5. The summed E-state index contributed by atoms with van der Waals surface area (Å²) in [7, 11) is 0. The first kappa shape index (κ1) is 19.1. The van der Waals surface area contributed by atoms with Gasteiger partial charge in [0, 0.05) is 27.5 Å². The normalized spacial score (nSPS) is 15.7. The van der Waals surface area contributed by atoms with E-state index in [0.29, 0.717) is 11.1 Å². The lowest BCUT2D eigenvalue weighted by Crippen LogP contribution is -2.07. The molecule has 256 valence electrons. The maximum Gasteiger partial charge on any atom is 0.238 e. The number of nitrogens with zero attached hydrogens (tertiary/aromatic N) is 4. The zero-order chi connectivity index (χ0) is 50.2. The van der Waals surface area contributed by atoms with Crippen LogP contribution in [0.25, 0.3) is 105 Å². The molecule has 11 aromatic rings. The maximum absolute atomic E-state index is 9.68. The van der Waals surface area contributed by atoms with Crippen molar-refractivity contribution in [2.45, 2.75) is 0 Å². The molecule has 9 aromatic carbocycles. The Bertz CT molecular complexity index is 4130. The van der Waals surface area contributed by atoms with Gasteiger partial charge in [-0.15, -0.1) is 0 Å². The van der Waals surface area contributed by atoms with Crippen LogP contribution in [0.3, 0.4) is 0 Å². The van der Waals surface area contributed by atoms with E-state index in [4.69, 9.17) is 28.7 Å². The lowest BCUT2D eigenvalue weighted by molar-refractivity contribution is 0.954. The molecule has 0 unspecified atom stereocenters. The second-order valence-electron chi connectivity index (χ2n) is 12.8. The third kappa shape index (κ3) is 5.11. The molecule has 2 heterocycles. The first-order valence-corrected chi connectivity index (χ1v) is 17.3. The third-order valence-corrected chi connectivity index (χ3v) is 9.70. The summed E-state index contributed by atoms with van der Waals surface area (Å²) in [6.45, 7) is 0. The van der Waals surface area contributed by atoms with Crippen molar-refractivity contribution in [3.8, 4) is 51.0 Å². The van der Waals surface area contributed by atoms with Gasteiger partial charge in [-0.1, -0.05) is 176 Å². The van der Waals surface area contributed by atoms with Crippen molar-refractivity contribution in [1.29, 1.82) is 0 Å². The smallest absolute Gasteiger partial charge is 0.238 e. The zero-order valence-corrected chi connectivity index (χ0v) is 28.5. The van der Waals surface area contributed by atoms with E-state index in [1.54, 1.807) is 30.3 Å². The highest BCUT2D eigenvalue weighted by Gasteiger charge is 2.21. The Balaban J connectivity index is 1.32. The molecule has 0 spiro atoms. The Kier molecular flexibility index (Phi) is 4.37. The standard InChI is InChI=1S/C51H32N4/c1-3-15-33(16-4-1)35-19-13-20-36(31-35)38-26-14-27-45-44-25-11-12-28-47(44)55(48(38)45)51-53-49(34-17-5-2-6-18-34)52-50(54-51)37-29-30-43-41-23-8-7-21-39(41)40-22-9-10-24-42(40)46(43)32-37/h1-32H/i1D,3D,4D,11D,12D,13D,14D,15D,16D,19D,20D,25D,26D,27D,28D,31D. The Labute approximate surface area is 340 Å². The van der Waals surface area contributed by atoms with Gasteiger partial charge in [0.05, 0.1) is 33.0 Å². The molecule has 0 fully saturated rings. The van der Waals surface area contributed by atoms with E-state index in [9.17, 15) is 8.22 Å². The molecule has 55 heavy (non-hydrogen) atoms. The SMILES string of the molecule is [2H]c1c([2H])c([2H])c(-c2c([2H])c([2H])c([2H])c(-c3c([2H])c([2H])c([2H])c4c5c([2H])c([2H])c([2H])c([2H])c5n(-c5nc(-c6ccccc6)nc(-c6ccc7c8ccccc8c8ccccc8c7c6)n5)c34)c2[2H])c([2H])c1[2H]. The zero-order valence-electron chi connectivity index (χ0n) is 44.5. The summed E-state index contributed by atoms with van der Waals surface area (Å²) in [6, 6.07) is 18.4. The van der Waals surface area contributed by atoms with Gasteiger partial charge < -0.3 is 0 Å². The van der Waals surface area contributed by atoms with Crippen LogP contribution in [0.5, 0.6) is 0 Å². The topological polar surface area (TPSA) is 43.6 Å². The van der Waals surface area contributed by atoms with Crippen molar-refractivity contribution >= 4 is 54.1 Å². The van der Waals surface area contributed by atoms with Crippen molar-refractivity contribution in [2.24, 2.45) is 0 Å². The summed E-state index contributed by atoms with van der Waals surface area (Å²) in [6.07, 6.45) is 0. The monoisotopic (exact) mass is 716 g/mol. The molecule has 0 radical (unpaired) electrons. The summed E-state index contributed by atoms with van der Waals surface area (Å²) in [4.78, 5) is 14.9. The van der Waals surface area contributed by atoms with Gasteiger partial charge in [-0.05, 0) is 67.2 Å². The summed E-state index contributed by atoms with van der Waals surface area (Å²) in [5.41, 5.74) is -2.04. The largest absolute Gasteiger partial charge is 0.277 e. The first-order valence-electron chi connectivity index (χ1n) is 25.3. The fraction of sp³-hybridized carbons (Fsp3) is 0. The molecule has 11 rings (SSSR count). The van der Waals surface area contributed by atoms with Gasteiger partial charge in [0.25, 0.3) is 0 Å². The van der Waals surface area contributed by atoms with E-state index in [-0.39, 0.29) is 39.4 Å².